The second kappa shape index (κ2) is 5.70. The van der Waals surface area contributed by atoms with Crippen molar-refractivity contribution in [1.29, 1.82) is 0 Å². The van der Waals surface area contributed by atoms with Crippen molar-refractivity contribution in [3.8, 4) is 0 Å². The molecule has 1 heterocycles. The van der Waals surface area contributed by atoms with E-state index in [4.69, 9.17) is 0 Å². The molecule has 2 N–H and O–H groups in total. The standard InChI is InChI=1S/C14H24N4O2S/c1-15-7-2-8-18-10-13(9-16-18)21(19,20)17-11-14(5-6-14)12-3-4-12/h9-10,12,15,17H,2-8,11H2,1H3. The van der Waals surface area contributed by atoms with Crippen molar-refractivity contribution in [2.75, 3.05) is 20.1 Å². The molecule has 0 saturated heterocycles. The molecule has 0 aromatic carbocycles. The van der Waals surface area contributed by atoms with E-state index in [9.17, 15) is 8.42 Å². The molecule has 2 aliphatic rings. The molecular formula is C14H24N4O2S. The fraction of sp³-hybridized carbons (Fsp3) is 0.786. The highest BCUT2D eigenvalue weighted by atomic mass is 32.2. The minimum absolute atomic E-state index is 0.274. The van der Waals surface area contributed by atoms with Gasteiger partial charge in [0.15, 0.2) is 0 Å². The van der Waals surface area contributed by atoms with E-state index in [2.05, 4.69) is 15.1 Å². The lowest BCUT2D eigenvalue weighted by molar-refractivity contribution is 0.432. The summed E-state index contributed by atoms with van der Waals surface area (Å²) in [6, 6.07) is 0. The predicted octanol–water partition coefficient (Wildman–Crippen LogP) is 0.961. The Bertz CT molecular complexity index is 588. The van der Waals surface area contributed by atoms with Gasteiger partial charge in [-0.1, -0.05) is 0 Å². The summed E-state index contributed by atoms with van der Waals surface area (Å²) in [5.74, 6) is 0.754. The topological polar surface area (TPSA) is 76.0 Å². The molecule has 7 heteroatoms. The number of aromatic nitrogens is 2. The maximum Gasteiger partial charge on any atom is 0.243 e. The molecule has 21 heavy (non-hydrogen) atoms. The number of rotatable bonds is 9. The Balaban J connectivity index is 1.56. The minimum atomic E-state index is -3.42. The molecule has 2 fully saturated rings. The van der Waals surface area contributed by atoms with Gasteiger partial charge in [0.05, 0.1) is 6.20 Å². The lowest BCUT2D eigenvalue weighted by Crippen LogP contribution is -2.31. The summed E-state index contributed by atoms with van der Waals surface area (Å²) in [6.07, 6.45) is 8.87. The number of aryl methyl sites for hydroxylation is 1. The van der Waals surface area contributed by atoms with E-state index in [1.807, 2.05) is 7.05 Å². The molecule has 0 atom stereocenters. The summed E-state index contributed by atoms with van der Waals surface area (Å²) < 4.78 is 29.1. The Morgan fingerprint density at radius 3 is 2.81 bits per heavy atom. The van der Waals surface area contributed by atoms with Gasteiger partial charge in [0, 0.05) is 19.3 Å². The molecule has 1 aromatic heterocycles. The summed E-state index contributed by atoms with van der Waals surface area (Å²) in [5.41, 5.74) is 0.274. The maximum absolute atomic E-state index is 12.3. The van der Waals surface area contributed by atoms with Crippen LogP contribution in [-0.4, -0.2) is 38.3 Å². The lowest BCUT2D eigenvalue weighted by atomic mass is 10.0. The van der Waals surface area contributed by atoms with Crippen molar-refractivity contribution in [2.24, 2.45) is 11.3 Å². The second-order valence-corrected chi connectivity index (χ2v) is 8.12. The van der Waals surface area contributed by atoms with E-state index in [1.165, 1.54) is 31.9 Å². The third-order valence-corrected chi connectivity index (χ3v) is 6.04. The van der Waals surface area contributed by atoms with Crippen LogP contribution in [0.15, 0.2) is 17.3 Å². The third kappa shape index (κ3) is 3.46. The average Bonchev–Trinajstić information content (AvgIpc) is 3.35. The van der Waals surface area contributed by atoms with Gasteiger partial charge in [-0.3, -0.25) is 4.68 Å². The highest BCUT2D eigenvalue weighted by Gasteiger charge is 2.53. The van der Waals surface area contributed by atoms with Crippen LogP contribution in [0.3, 0.4) is 0 Å². The van der Waals surface area contributed by atoms with Gasteiger partial charge in [0.1, 0.15) is 4.90 Å². The van der Waals surface area contributed by atoms with Gasteiger partial charge in [0.2, 0.25) is 10.0 Å². The first-order chi connectivity index (χ1) is 10.1. The minimum Gasteiger partial charge on any atom is -0.320 e. The quantitative estimate of drug-likeness (QED) is 0.666. The lowest BCUT2D eigenvalue weighted by Gasteiger charge is -2.14. The summed E-state index contributed by atoms with van der Waals surface area (Å²) in [6.45, 7) is 2.21. The molecule has 0 radical (unpaired) electrons. The van der Waals surface area contributed by atoms with Crippen LogP contribution in [0.5, 0.6) is 0 Å². The van der Waals surface area contributed by atoms with Crippen molar-refractivity contribution in [1.82, 2.24) is 19.8 Å². The largest absolute Gasteiger partial charge is 0.320 e. The van der Waals surface area contributed by atoms with E-state index in [-0.39, 0.29) is 10.3 Å². The Hall–Kier alpha value is -0.920. The summed E-state index contributed by atoms with van der Waals surface area (Å²) in [7, 11) is -1.52. The highest BCUT2D eigenvalue weighted by molar-refractivity contribution is 7.89. The first-order valence-electron chi connectivity index (χ1n) is 7.72. The zero-order valence-electron chi connectivity index (χ0n) is 12.5. The molecule has 1 aromatic rings. The van der Waals surface area contributed by atoms with Crippen molar-refractivity contribution >= 4 is 10.0 Å². The number of nitrogens with one attached hydrogen (secondary N) is 2. The van der Waals surface area contributed by atoms with Gasteiger partial charge >= 0.3 is 0 Å². The van der Waals surface area contributed by atoms with E-state index in [0.29, 0.717) is 6.54 Å². The van der Waals surface area contributed by atoms with Crippen molar-refractivity contribution in [2.45, 2.75) is 43.5 Å². The number of hydrogen-bond acceptors (Lipinski definition) is 4. The van der Waals surface area contributed by atoms with Crippen LogP contribution in [-0.2, 0) is 16.6 Å². The van der Waals surface area contributed by atoms with Crippen LogP contribution >= 0.6 is 0 Å². The van der Waals surface area contributed by atoms with E-state index in [1.54, 1.807) is 10.9 Å². The molecule has 0 bridgehead atoms. The molecule has 0 aliphatic heterocycles. The van der Waals surface area contributed by atoms with Gasteiger partial charge in [-0.15, -0.1) is 0 Å². The molecule has 3 rings (SSSR count). The summed E-state index contributed by atoms with van der Waals surface area (Å²) >= 11 is 0. The van der Waals surface area contributed by atoms with Crippen LogP contribution in [0.4, 0.5) is 0 Å². The SMILES string of the molecule is CNCCCn1cc(S(=O)(=O)NCC2(C3CC3)CC2)cn1. The Kier molecular flexibility index (Phi) is 4.07. The third-order valence-electron chi connectivity index (χ3n) is 4.68. The molecule has 118 valence electrons. The Labute approximate surface area is 126 Å². The second-order valence-electron chi connectivity index (χ2n) is 6.36. The number of nitrogens with zero attached hydrogens (tertiary/aromatic N) is 2. The van der Waals surface area contributed by atoms with Crippen LogP contribution in [0.25, 0.3) is 0 Å². The average molecular weight is 312 g/mol. The van der Waals surface area contributed by atoms with Gasteiger partial charge in [-0.2, -0.15) is 5.10 Å². The molecule has 0 amide bonds. The predicted molar refractivity (Wildman–Crippen MR) is 80.4 cm³/mol. The first-order valence-corrected chi connectivity index (χ1v) is 9.21. The van der Waals surface area contributed by atoms with Crippen LogP contribution < -0.4 is 10.0 Å². The Morgan fingerprint density at radius 2 is 2.19 bits per heavy atom. The van der Waals surface area contributed by atoms with Crippen LogP contribution in [0, 0.1) is 11.3 Å². The smallest absolute Gasteiger partial charge is 0.243 e. The van der Waals surface area contributed by atoms with E-state index in [0.717, 1.165) is 25.4 Å². The molecule has 0 spiro atoms. The molecule has 0 unspecified atom stereocenters. The van der Waals surface area contributed by atoms with Gasteiger partial charge in [-0.05, 0) is 57.0 Å². The maximum atomic E-state index is 12.3. The molecule has 2 saturated carbocycles. The van der Waals surface area contributed by atoms with Crippen LogP contribution in [0.1, 0.15) is 32.1 Å². The van der Waals surface area contributed by atoms with E-state index >= 15 is 0 Å². The van der Waals surface area contributed by atoms with Crippen molar-refractivity contribution in [3.63, 3.8) is 0 Å². The number of sulfonamides is 1. The zero-order valence-corrected chi connectivity index (χ0v) is 13.3. The van der Waals surface area contributed by atoms with Crippen LogP contribution in [0.2, 0.25) is 0 Å². The number of hydrogen-bond donors (Lipinski definition) is 2. The fourth-order valence-corrected chi connectivity index (χ4v) is 4.02. The highest BCUT2D eigenvalue weighted by Crippen LogP contribution is 2.60. The van der Waals surface area contributed by atoms with Crippen molar-refractivity contribution < 1.29 is 8.42 Å². The normalized spacial score (nSPS) is 20.6. The molecule has 6 nitrogen and oxygen atoms in total. The van der Waals surface area contributed by atoms with Gasteiger partial charge in [-0.25, -0.2) is 13.1 Å². The summed E-state index contributed by atoms with van der Waals surface area (Å²) in [4.78, 5) is 0.276. The monoisotopic (exact) mass is 312 g/mol. The first kappa shape index (κ1) is 15.0. The Morgan fingerprint density at radius 1 is 1.43 bits per heavy atom. The summed E-state index contributed by atoms with van der Waals surface area (Å²) in [5, 5.41) is 7.20. The molecular weight excluding hydrogens is 288 g/mol. The molecule has 2 aliphatic carbocycles. The van der Waals surface area contributed by atoms with E-state index < -0.39 is 10.0 Å². The van der Waals surface area contributed by atoms with Crippen molar-refractivity contribution in [3.05, 3.63) is 12.4 Å². The van der Waals surface area contributed by atoms with Gasteiger partial charge in [0.25, 0.3) is 0 Å². The fourth-order valence-electron chi connectivity index (χ4n) is 2.93. The zero-order chi connectivity index (χ0) is 14.9. The van der Waals surface area contributed by atoms with Gasteiger partial charge < -0.3 is 5.32 Å².